The molecule has 0 unspecified atom stereocenters. The molecule has 6 heteroatoms. The van der Waals surface area contributed by atoms with Crippen molar-refractivity contribution >= 4 is 18.0 Å². The number of rotatable bonds is 14. The zero-order chi connectivity index (χ0) is 20.0. The molecule has 1 N–H and O–H groups in total. The lowest BCUT2D eigenvalue weighted by molar-refractivity contribution is 0.474. The van der Waals surface area contributed by atoms with Crippen LogP contribution in [-0.4, -0.2) is 31.9 Å². The summed E-state index contributed by atoms with van der Waals surface area (Å²) in [6.45, 7) is 4.15. The Hall–Kier alpha value is -1.82. The highest BCUT2D eigenvalue weighted by molar-refractivity contribution is 7.99. The lowest BCUT2D eigenvalue weighted by atomic mass is 10.1. The summed E-state index contributed by atoms with van der Waals surface area (Å²) in [5, 5.41) is 23.5. The minimum absolute atomic E-state index is 0.219. The van der Waals surface area contributed by atoms with E-state index in [9.17, 15) is 5.11 Å². The van der Waals surface area contributed by atoms with Gasteiger partial charge in [0, 0.05) is 11.3 Å². The van der Waals surface area contributed by atoms with Gasteiger partial charge in [-0.15, -0.1) is 10.2 Å². The molecule has 2 aromatic rings. The van der Waals surface area contributed by atoms with Gasteiger partial charge in [0.05, 0.1) is 6.21 Å². The number of aryl methyl sites for hydroxylation is 1. The van der Waals surface area contributed by atoms with E-state index < -0.39 is 0 Å². The molecule has 0 aliphatic heterocycles. The molecule has 0 saturated carbocycles. The van der Waals surface area contributed by atoms with Crippen molar-refractivity contribution in [2.75, 3.05) is 5.75 Å². The Labute approximate surface area is 173 Å². The molecule has 0 amide bonds. The molecule has 0 bridgehead atoms. The van der Waals surface area contributed by atoms with Crippen LogP contribution in [0.25, 0.3) is 0 Å². The van der Waals surface area contributed by atoms with Crippen LogP contribution in [0.5, 0.6) is 5.75 Å². The van der Waals surface area contributed by atoms with Crippen LogP contribution in [0.1, 0.15) is 82.5 Å². The quantitative estimate of drug-likeness (QED) is 0.232. The van der Waals surface area contributed by atoms with Crippen molar-refractivity contribution in [1.82, 2.24) is 14.9 Å². The van der Waals surface area contributed by atoms with Gasteiger partial charge in [-0.1, -0.05) is 88.6 Å². The van der Waals surface area contributed by atoms with Crippen LogP contribution in [0.3, 0.4) is 0 Å². The number of hydrogen-bond acceptors (Lipinski definition) is 5. The van der Waals surface area contributed by atoms with Gasteiger partial charge >= 0.3 is 0 Å². The molecular weight excluding hydrogens is 368 g/mol. The number of thioether (sulfide) groups is 1. The first kappa shape index (κ1) is 22.5. The number of aromatic nitrogens is 3. The van der Waals surface area contributed by atoms with Gasteiger partial charge in [-0.05, 0) is 25.5 Å². The van der Waals surface area contributed by atoms with Crippen LogP contribution in [0.15, 0.2) is 34.5 Å². The van der Waals surface area contributed by atoms with Crippen LogP contribution >= 0.6 is 11.8 Å². The third kappa shape index (κ3) is 8.05. The molecule has 1 aromatic carbocycles. The lowest BCUT2D eigenvalue weighted by Crippen LogP contribution is -1.97. The molecule has 5 nitrogen and oxygen atoms in total. The first-order valence-corrected chi connectivity index (χ1v) is 11.6. The summed E-state index contributed by atoms with van der Waals surface area (Å²) in [4.78, 5) is 0. The normalized spacial score (nSPS) is 11.5. The number of benzene rings is 1. The van der Waals surface area contributed by atoms with Crippen molar-refractivity contribution in [2.24, 2.45) is 5.10 Å². The van der Waals surface area contributed by atoms with Crippen LogP contribution in [0, 0.1) is 6.92 Å². The number of para-hydroxylation sites is 1. The average molecular weight is 403 g/mol. The number of hydrogen-bond donors (Lipinski definition) is 1. The van der Waals surface area contributed by atoms with Gasteiger partial charge in [-0.25, -0.2) is 0 Å². The van der Waals surface area contributed by atoms with Crippen LogP contribution in [0.2, 0.25) is 0 Å². The molecule has 2 rings (SSSR count). The maximum atomic E-state index is 9.86. The van der Waals surface area contributed by atoms with E-state index in [1.807, 2.05) is 19.1 Å². The van der Waals surface area contributed by atoms with Crippen LogP contribution in [-0.2, 0) is 0 Å². The summed E-state index contributed by atoms with van der Waals surface area (Å²) in [6, 6.07) is 7.15. The average Bonchev–Trinajstić information content (AvgIpc) is 3.05. The Bertz CT molecular complexity index is 714. The molecular formula is C22H34N4OS. The molecule has 0 atom stereocenters. The molecule has 0 aliphatic carbocycles. The second-order valence-electron chi connectivity index (χ2n) is 7.18. The van der Waals surface area contributed by atoms with Gasteiger partial charge in [-0.3, -0.25) is 0 Å². The predicted molar refractivity (Wildman–Crippen MR) is 118 cm³/mol. The second kappa shape index (κ2) is 13.4. The smallest absolute Gasteiger partial charge is 0.212 e. The van der Waals surface area contributed by atoms with Gasteiger partial charge in [0.25, 0.3) is 0 Å². The molecule has 0 aliphatic rings. The van der Waals surface area contributed by atoms with E-state index >= 15 is 0 Å². The van der Waals surface area contributed by atoms with E-state index in [4.69, 9.17) is 0 Å². The topological polar surface area (TPSA) is 63.3 Å². The number of phenols is 1. The highest BCUT2D eigenvalue weighted by atomic mass is 32.2. The van der Waals surface area contributed by atoms with Gasteiger partial charge < -0.3 is 5.11 Å². The van der Waals surface area contributed by atoms with Crippen molar-refractivity contribution in [3.05, 3.63) is 35.7 Å². The number of aromatic hydroxyl groups is 1. The second-order valence-corrected chi connectivity index (χ2v) is 8.24. The van der Waals surface area contributed by atoms with Crippen molar-refractivity contribution in [1.29, 1.82) is 0 Å². The summed E-state index contributed by atoms with van der Waals surface area (Å²) in [7, 11) is 0. The van der Waals surface area contributed by atoms with E-state index in [1.54, 1.807) is 34.8 Å². The molecule has 0 saturated heterocycles. The van der Waals surface area contributed by atoms with Gasteiger partial charge in [-0.2, -0.15) is 9.78 Å². The Morgan fingerprint density at radius 3 is 2.29 bits per heavy atom. The van der Waals surface area contributed by atoms with Crippen molar-refractivity contribution in [3.8, 4) is 5.75 Å². The number of phenolic OH excluding ortho intramolecular Hbond substituents is 1. The number of nitrogens with zero attached hydrogens (tertiary/aromatic N) is 4. The van der Waals surface area contributed by atoms with Gasteiger partial charge in [0.15, 0.2) is 5.82 Å². The largest absolute Gasteiger partial charge is 0.507 e. The molecule has 0 spiro atoms. The van der Waals surface area contributed by atoms with Crippen molar-refractivity contribution in [2.45, 2.75) is 83.2 Å². The Balaban J connectivity index is 1.66. The highest BCUT2D eigenvalue weighted by Gasteiger charge is 2.08. The third-order valence-corrected chi connectivity index (χ3v) is 5.75. The molecule has 1 heterocycles. The minimum atomic E-state index is 0.219. The fourth-order valence-corrected chi connectivity index (χ4v) is 3.96. The maximum Gasteiger partial charge on any atom is 0.212 e. The van der Waals surface area contributed by atoms with Crippen molar-refractivity contribution in [3.63, 3.8) is 0 Å². The summed E-state index contributed by atoms with van der Waals surface area (Å²) in [5.74, 6) is 1.99. The van der Waals surface area contributed by atoms with E-state index in [0.29, 0.717) is 5.56 Å². The standard InChI is InChI=1S/C22H34N4OS/c1-3-4-5-6-7-8-9-10-11-14-17-28-22-25-24-19(2)26(22)23-18-20-15-12-13-16-21(20)27/h12-13,15-16,18,27H,3-11,14,17H2,1-2H3. The van der Waals surface area contributed by atoms with E-state index in [0.717, 1.165) is 16.7 Å². The van der Waals surface area contributed by atoms with Gasteiger partial charge in [0.1, 0.15) is 5.75 Å². The summed E-state index contributed by atoms with van der Waals surface area (Å²) in [5.41, 5.74) is 0.682. The Morgan fingerprint density at radius 1 is 0.964 bits per heavy atom. The van der Waals surface area contributed by atoms with Crippen molar-refractivity contribution < 1.29 is 5.11 Å². The highest BCUT2D eigenvalue weighted by Crippen LogP contribution is 2.20. The summed E-state index contributed by atoms with van der Waals surface area (Å²) >= 11 is 1.70. The summed E-state index contributed by atoms with van der Waals surface area (Å²) < 4.78 is 1.74. The Morgan fingerprint density at radius 2 is 1.61 bits per heavy atom. The monoisotopic (exact) mass is 402 g/mol. The fourth-order valence-electron chi connectivity index (χ4n) is 3.03. The number of unbranched alkanes of at least 4 members (excludes halogenated alkanes) is 9. The van der Waals surface area contributed by atoms with Crippen LogP contribution in [0.4, 0.5) is 0 Å². The lowest BCUT2D eigenvalue weighted by Gasteiger charge is -2.04. The van der Waals surface area contributed by atoms with E-state index in [-0.39, 0.29) is 5.75 Å². The maximum absolute atomic E-state index is 9.86. The molecule has 0 radical (unpaired) electrons. The first-order valence-electron chi connectivity index (χ1n) is 10.6. The minimum Gasteiger partial charge on any atom is -0.507 e. The van der Waals surface area contributed by atoms with E-state index in [1.165, 1.54) is 64.2 Å². The Kier molecular flexibility index (Phi) is 10.7. The van der Waals surface area contributed by atoms with E-state index in [2.05, 4.69) is 22.2 Å². The zero-order valence-corrected chi connectivity index (χ0v) is 18.1. The molecule has 1 aromatic heterocycles. The molecule has 154 valence electrons. The zero-order valence-electron chi connectivity index (χ0n) is 17.3. The molecule has 28 heavy (non-hydrogen) atoms. The first-order chi connectivity index (χ1) is 13.7. The predicted octanol–water partition coefficient (Wildman–Crippen LogP) is 6.19. The summed E-state index contributed by atoms with van der Waals surface area (Å²) in [6.07, 6.45) is 15.1. The third-order valence-electron chi connectivity index (χ3n) is 4.75. The molecule has 0 fully saturated rings. The fraction of sp³-hybridized carbons (Fsp3) is 0.591. The van der Waals surface area contributed by atoms with Crippen LogP contribution < -0.4 is 0 Å². The SMILES string of the molecule is CCCCCCCCCCCCSc1nnc(C)n1N=Cc1ccccc1O. The van der Waals surface area contributed by atoms with Gasteiger partial charge in [0.2, 0.25) is 5.16 Å².